The van der Waals surface area contributed by atoms with Crippen molar-refractivity contribution >= 4 is 11.7 Å². The average Bonchev–Trinajstić information content (AvgIpc) is 2.71. The number of rotatable bonds is 1. The van der Waals surface area contributed by atoms with Gasteiger partial charge in [-0.05, 0) is 12.0 Å². The fraction of sp³-hybridized carbons (Fsp3) is 0.429. The van der Waals surface area contributed by atoms with Gasteiger partial charge in [0.1, 0.15) is 5.84 Å². The molecule has 1 aromatic carbocycles. The Labute approximate surface area is 107 Å². The van der Waals surface area contributed by atoms with Gasteiger partial charge in [-0.15, -0.1) is 0 Å². The minimum absolute atomic E-state index is 0.217. The van der Waals surface area contributed by atoms with Gasteiger partial charge in [-0.1, -0.05) is 24.3 Å². The minimum atomic E-state index is 0.217. The van der Waals surface area contributed by atoms with Crippen LogP contribution in [-0.2, 0) is 11.3 Å². The molecule has 1 unspecified atom stereocenters. The van der Waals surface area contributed by atoms with Crippen molar-refractivity contribution in [2.45, 2.75) is 25.4 Å². The number of amidine groups is 1. The molecule has 1 atom stereocenters. The fourth-order valence-corrected chi connectivity index (χ4v) is 2.86. The molecule has 0 bridgehead atoms. The van der Waals surface area contributed by atoms with Crippen LogP contribution >= 0.6 is 0 Å². The molecule has 2 aliphatic heterocycles. The van der Waals surface area contributed by atoms with Crippen LogP contribution in [0, 0.1) is 5.41 Å². The predicted molar refractivity (Wildman–Crippen MR) is 69.5 cm³/mol. The summed E-state index contributed by atoms with van der Waals surface area (Å²) >= 11 is 0. The van der Waals surface area contributed by atoms with Crippen LogP contribution in [0.1, 0.15) is 24.0 Å². The highest BCUT2D eigenvalue weighted by molar-refractivity contribution is 6.00. The Hall–Kier alpha value is -1.84. The molecule has 1 aromatic rings. The minimum Gasteiger partial charge on any atom is -0.347 e. The van der Waals surface area contributed by atoms with E-state index in [0.29, 0.717) is 12.3 Å². The van der Waals surface area contributed by atoms with Crippen LogP contribution in [0.15, 0.2) is 24.3 Å². The molecule has 0 aliphatic carbocycles. The van der Waals surface area contributed by atoms with Crippen molar-refractivity contribution in [3.05, 3.63) is 35.4 Å². The third-order valence-corrected chi connectivity index (χ3v) is 3.94. The SMILES string of the molecule is CN1CC(N2Cc3ccccc3C2=N)CCC1=O. The highest BCUT2D eigenvalue weighted by Gasteiger charge is 2.33. The van der Waals surface area contributed by atoms with Gasteiger partial charge < -0.3 is 9.80 Å². The summed E-state index contributed by atoms with van der Waals surface area (Å²) in [5.41, 5.74) is 2.26. The van der Waals surface area contributed by atoms with Crippen LogP contribution in [0.2, 0.25) is 0 Å². The van der Waals surface area contributed by atoms with Crippen molar-refractivity contribution in [1.29, 1.82) is 5.41 Å². The Morgan fingerprint density at radius 1 is 1.33 bits per heavy atom. The van der Waals surface area contributed by atoms with E-state index in [4.69, 9.17) is 5.41 Å². The summed E-state index contributed by atoms with van der Waals surface area (Å²) < 4.78 is 0. The first-order valence-corrected chi connectivity index (χ1v) is 6.34. The van der Waals surface area contributed by atoms with Crippen LogP contribution in [0.5, 0.6) is 0 Å². The van der Waals surface area contributed by atoms with Crippen molar-refractivity contribution < 1.29 is 4.79 Å². The monoisotopic (exact) mass is 243 g/mol. The van der Waals surface area contributed by atoms with E-state index in [-0.39, 0.29) is 11.9 Å². The summed E-state index contributed by atoms with van der Waals surface area (Å²) in [4.78, 5) is 15.4. The van der Waals surface area contributed by atoms with E-state index in [1.54, 1.807) is 4.90 Å². The van der Waals surface area contributed by atoms with Crippen LogP contribution in [0.3, 0.4) is 0 Å². The number of nitrogens with zero attached hydrogens (tertiary/aromatic N) is 2. The number of carbonyl (C=O) groups is 1. The van der Waals surface area contributed by atoms with Crippen molar-refractivity contribution in [2.75, 3.05) is 13.6 Å². The topological polar surface area (TPSA) is 47.4 Å². The van der Waals surface area contributed by atoms with Crippen LogP contribution in [0.4, 0.5) is 0 Å². The molecule has 0 radical (unpaired) electrons. The van der Waals surface area contributed by atoms with Crippen molar-refractivity contribution in [3.63, 3.8) is 0 Å². The van der Waals surface area contributed by atoms with Crippen LogP contribution in [0.25, 0.3) is 0 Å². The molecule has 0 spiro atoms. The summed E-state index contributed by atoms with van der Waals surface area (Å²) in [6, 6.07) is 8.38. The normalized spacial score (nSPS) is 23.5. The van der Waals surface area contributed by atoms with E-state index < -0.39 is 0 Å². The van der Waals surface area contributed by atoms with Gasteiger partial charge >= 0.3 is 0 Å². The smallest absolute Gasteiger partial charge is 0.222 e. The maximum absolute atomic E-state index is 11.5. The van der Waals surface area contributed by atoms with Gasteiger partial charge in [0.05, 0.1) is 0 Å². The number of hydrogen-bond acceptors (Lipinski definition) is 2. The molecule has 0 saturated carbocycles. The quantitative estimate of drug-likeness (QED) is 0.811. The highest BCUT2D eigenvalue weighted by Crippen LogP contribution is 2.27. The molecule has 1 fully saturated rings. The highest BCUT2D eigenvalue weighted by atomic mass is 16.2. The molecule has 1 amide bonds. The lowest BCUT2D eigenvalue weighted by Crippen LogP contribution is -2.48. The first-order chi connectivity index (χ1) is 8.66. The van der Waals surface area contributed by atoms with Crippen molar-refractivity contribution in [2.24, 2.45) is 0 Å². The van der Waals surface area contributed by atoms with Gasteiger partial charge in [0.2, 0.25) is 5.91 Å². The molecule has 18 heavy (non-hydrogen) atoms. The van der Waals surface area contributed by atoms with Crippen molar-refractivity contribution in [1.82, 2.24) is 9.80 Å². The Kier molecular flexibility index (Phi) is 2.58. The van der Waals surface area contributed by atoms with Gasteiger partial charge in [0.25, 0.3) is 0 Å². The number of likely N-dealkylation sites (N-methyl/N-ethyl adjacent to an activating group) is 1. The molecule has 2 heterocycles. The van der Waals surface area contributed by atoms with E-state index in [0.717, 1.165) is 25.1 Å². The second-order valence-electron chi connectivity index (χ2n) is 5.10. The van der Waals surface area contributed by atoms with E-state index in [9.17, 15) is 4.79 Å². The molecular formula is C14H17N3O. The lowest BCUT2D eigenvalue weighted by atomic mass is 10.0. The first-order valence-electron chi connectivity index (χ1n) is 6.34. The third kappa shape index (κ3) is 1.68. The number of likely N-dealkylation sites (tertiary alicyclic amines) is 1. The zero-order valence-corrected chi connectivity index (χ0v) is 10.5. The summed E-state index contributed by atoms with van der Waals surface area (Å²) in [7, 11) is 1.85. The largest absolute Gasteiger partial charge is 0.347 e. The van der Waals surface area contributed by atoms with E-state index in [1.807, 2.05) is 25.2 Å². The second-order valence-corrected chi connectivity index (χ2v) is 5.10. The van der Waals surface area contributed by atoms with Gasteiger partial charge in [-0.25, -0.2) is 0 Å². The molecule has 3 rings (SSSR count). The molecular weight excluding hydrogens is 226 g/mol. The number of piperidine rings is 1. The van der Waals surface area contributed by atoms with Gasteiger partial charge in [-0.3, -0.25) is 10.2 Å². The Balaban J connectivity index is 1.80. The summed E-state index contributed by atoms with van der Waals surface area (Å²) in [5, 5.41) is 8.26. The third-order valence-electron chi connectivity index (χ3n) is 3.94. The Morgan fingerprint density at radius 3 is 2.83 bits per heavy atom. The average molecular weight is 243 g/mol. The number of fused-ring (bicyclic) bond motifs is 1. The van der Waals surface area contributed by atoms with E-state index >= 15 is 0 Å². The molecule has 2 aliphatic rings. The van der Waals surface area contributed by atoms with Crippen LogP contribution in [-0.4, -0.2) is 41.2 Å². The Bertz CT molecular complexity index is 512. The maximum Gasteiger partial charge on any atom is 0.222 e. The summed E-state index contributed by atoms with van der Waals surface area (Å²) in [6.07, 6.45) is 1.46. The number of benzene rings is 1. The van der Waals surface area contributed by atoms with E-state index in [2.05, 4.69) is 11.0 Å². The molecule has 4 nitrogen and oxygen atoms in total. The number of hydrogen-bond donors (Lipinski definition) is 1. The van der Waals surface area contributed by atoms with Crippen molar-refractivity contribution in [3.8, 4) is 0 Å². The lowest BCUT2D eigenvalue weighted by molar-refractivity contribution is -0.133. The van der Waals surface area contributed by atoms with Gasteiger partial charge in [0, 0.05) is 38.2 Å². The summed E-state index contributed by atoms with van der Waals surface area (Å²) in [5.74, 6) is 0.827. The van der Waals surface area contributed by atoms with Gasteiger partial charge in [-0.2, -0.15) is 0 Å². The lowest BCUT2D eigenvalue weighted by Gasteiger charge is -2.36. The Morgan fingerprint density at radius 2 is 2.11 bits per heavy atom. The first kappa shape index (κ1) is 11.3. The zero-order valence-electron chi connectivity index (χ0n) is 10.5. The standard InChI is InChI=1S/C14H17N3O/c1-16-9-11(6-7-13(16)18)17-8-10-4-2-3-5-12(10)14(17)15/h2-5,11,15H,6-9H2,1H3. The molecule has 1 saturated heterocycles. The molecule has 4 heteroatoms. The molecule has 94 valence electrons. The number of carbonyl (C=O) groups excluding carboxylic acids is 1. The maximum atomic E-state index is 11.5. The van der Waals surface area contributed by atoms with Gasteiger partial charge in [0.15, 0.2) is 0 Å². The second kappa shape index (κ2) is 4.12. The van der Waals surface area contributed by atoms with E-state index in [1.165, 1.54) is 5.56 Å². The molecule has 1 N–H and O–H groups in total. The molecule has 0 aromatic heterocycles. The zero-order chi connectivity index (χ0) is 12.7. The van der Waals surface area contributed by atoms with Crippen LogP contribution < -0.4 is 0 Å². The fourth-order valence-electron chi connectivity index (χ4n) is 2.86. The number of nitrogens with one attached hydrogen (secondary N) is 1. The summed E-state index contributed by atoms with van der Waals surface area (Å²) in [6.45, 7) is 1.54. The number of amides is 1. The predicted octanol–water partition coefficient (Wildman–Crippen LogP) is 1.45.